The largest absolute Gasteiger partial charge is 0.473 e. The first-order valence-electron chi connectivity index (χ1n) is 13.5. The minimum atomic E-state index is -5.21. The second-order valence-electron chi connectivity index (χ2n) is 10.8. The number of alkyl halides is 1. The van der Waals surface area contributed by atoms with Crippen molar-refractivity contribution >= 4 is 41.9 Å². The van der Waals surface area contributed by atoms with Gasteiger partial charge in [0.05, 0.1) is 24.9 Å². The van der Waals surface area contributed by atoms with Crippen LogP contribution in [0.3, 0.4) is 0 Å². The first-order valence-corrected chi connectivity index (χ1v) is 15.0. The number of nitrogens with two attached hydrogens (primary N) is 2. The Kier molecular flexibility index (Phi) is 7.86. The summed E-state index contributed by atoms with van der Waals surface area (Å²) in [7, 11) is -5.21. The predicted octanol–water partition coefficient (Wildman–Crippen LogP) is -1.36. The van der Waals surface area contributed by atoms with Crippen LogP contribution in [0.15, 0.2) is 23.8 Å². The number of imidazole rings is 2. The number of aliphatic hydroxyl groups is 3. The lowest BCUT2D eigenvalue weighted by atomic mass is 9.92. The smallest absolute Gasteiger partial charge is 0.396 e. The highest BCUT2D eigenvalue weighted by Crippen LogP contribution is 2.53. The van der Waals surface area contributed by atoms with Crippen molar-refractivity contribution in [1.82, 2.24) is 39.0 Å². The van der Waals surface area contributed by atoms with Crippen LogP contribution in [0, 0.1) is 0 Å². The van der Waals surface area contributed by atoms with Gasteiger partial charge in [-0.3, -0.25) is 28.0 Å². The molecule has 22 heteroatoms. The molecule has 6 rings (SSSR count). The van der Waals surface area contributed by atoms with Crippen LogP contribution in [-0.2, 0) is 23.1 Å². The summed E-state index contributed by atoms with van der Waals surface area (Å²) in [4.78, 5) is 45.4. The molecule has 20 nitrogen and oxygen atoms in total. The molecule has 2 aliphatic rings. The van der Waals surface area contributed by atoms with Crippen molar-refractivity contribution < 1.29 is 47.7 Å². The number of ether oxygens (including phenoxy) is 2. The van der Waals surface area contributed by atoms with Gasteiger partial charge in [-0.15, -0.1) is 0 Å². The molecular weight excluding hydrogens is 626 g/mol. The number of hydrogen-bond acceptors (Lipinski definition) is 16. The number of fused-ring (bicyclic) bond motifs is 2. The highest BCUT2D eigenvalue weighted by molar-refractivity contribution is 7.47. The van der Waals surface area contributed by atoms with Gasteiger partial charge in [0.15, 0.2) is 41.3 Å². The van der Waals surface area contributed by atoms with E-state index in [1.165, 1.54) is 31.1 Å². The van der Waals surface area contributed by atoms with Gasteiger partial charge in [0.1, 0.15) is 35.8 Å². The van der Waals surface area contributed by atoms with Gasteiger partial charge in [0, 0.05) is 6.61 Å². The maximum Gasteiger partial charge on any atom is 0.473 e. The Labute approximate surface area is 251 Å². The van der Waals surface area contributed by atoms with Gasteiger partial charge in [-0.1, -0.05) is 0 Å². The molecule has 4 aromatic heterocycles. The Morgan fingerprint density at radius 2 is 1.84 bits per heavy atom. The summed E-state index contributed by atoms with van der Waals surface area (Å²) < 4.78 is 53.6. The number of phosphoric ester groups is 1. The zero-order valence-electron chi connectivity index (χ0n) is 23.6. The predicted molar refractivity (Wildman–Crippen MR) is 149 cm³/mol. The zero-order chi connectivity index (χ0) is 32.4. The van der Waals surface area contributed by atoms with Crippen LogP contribution in [0.25, 0.3) is 22.3 Å². The number of nitrogens with zero attached hydrogens (tertiary/aromatic N) is 7. The normalized spacial score (nSPS) is 32.4. The number of phosphoric acid groups is 1. The van der Waals surface area contributed by atoms with E-state index >= 15 is 4.39 Å². The summed E-state index contributed by atoms with van der Waals surface area (Å²) in [5.74, 6) is -0.205. The highest BCUT2D eigenvalue weighted by atomic mass is 31.2. The molecule has 0 aliphatic carbocycles. The Balaban J connectivity index is 1.24. The number of nitrogen functional groups attached to an aromatic ring is 2. The van der Waals surface area contributed by atoms with Gasteiger partial charge in [-0.05, 0) is 20.3 Å². The minimum absolute atomic E-state index is 0.0703. The topological polar surface area (TPSA) is 294 Å². The van der Waals surface area contributed by atoms with Gasteiger partial charge < -0.3 is 41.2 Å². The second-order valence-corrected chi connectivity index (χ2v) is 12.2. The van der Waals surface area contributed by atoms with Crippen molar-refractivity contribution in [2.24, 2.45) is 0 Å². The number of anilines is 2. The molecule has 2 fully saturated rings. The van der Waals surface area contributed by atoms with Crippen molar-refractivity contribution in [3.8, 4) is 0 Å². The van der Waals surface area contributed by atoms with Crippen LogP contribution in [-0.4, -0.2) is 108 Å². The van der Waals surface area contributed by atoms with Crippen molar-refractivity contribution in [2.45, 2.75) is 75.0 Å². The molecule has 0 bridgehead atoms. The van der Waals surface area contributed by atoms with Gasteiger partial charge in [-0.25, -0.2) is 28.9 Å². The summed E-state index contributed by atoms with van der Waals surface area (Å²) in [6, 6.07) is 0. The molecule has 2 aliphatic heterocycles. The molecule has 0 spiro atoms. The fraction of sp³-hybridized carbons (Fsp3) is 0.565. The number of halogens is 1. The monoisotopic (exact) mass is 656 g/mol. The van der Waals surface area contributed by atoms with E-state index in [9.17, 15) is 29.6 Å². The van der Waals surface area contributed by atoms with Crippen LogP contribution in [0.5, 0.6) is 0 Å². The third kappa shape index (κ3) is 5.34. The average molecular weight is 657 g/mol. The van der Waals surface area contributed by atoms with Crippen molar-refractivity contribution in [2.75, 3.05) is 18.1 Å². The zero-order valence-corrected chi connectivity index (χ0v) is 24.5. The van der Waals surface area contributed by atoms with Crippen LogP contribution in [0.4, 0.5) is 16.2 Å². The quantitative estimate of drug-likeness (QED) is 0.102. The molecule has 6 heterocycles. The molecule has 9 N–H and O–H groups in total. The number of H-pyrrole nitrogens is 1. The van der Waals surface area contributed by atoms with Crippen molar-refractivity contribution in [1.29, 1.82) is 0 Å². The lowest BCUT2D eigenvalue weighted by Gasteiger charge is -2.31. The highest BCUT2D eigenvalue weighted by Gasteiger charge is 2.57. The summed E-state index contributed by atoms with van der Waals surface area (Å²) in [5, 5.41) is 31.6. The lowest BCUT2D eigenvalue weighted by Crippen LogP contribution is -2.49. The molecule has 244 valence electrons. The molecule has 2 unspecified atom stereocenters. The van der Waals surface area contributed by atoms with Crippen LogP contribution in [0.1, 0.15) is 32.7 Å². The van der Waals surface area contributed by atoms with E-state index in [4.69, 9.17) is 30.0 Å². The standard InChI is InChI=1S/C23H30FN10O10P/c1-8(15-23(2,38)14(36)21(42-15)33-6-29-11-16(25)27-5-28-17(11)33)43-45(39,40)44-13-10(24)9(3-4-35)41-20(13)34-7-30-12-18(34)31-22(26)32-19(12)37/h5-10,13-15,20-21,35-36,38H,3-4H2,1-2H3,(H,39,40)(H2,25,27,28)(H3,26,31,32,37)/t8?,9-,10-,13-,14+,15-,20-,21-,23-/m1/s1. The Bertz CT molecular complexity index is 1840. The van der Waals surface area contributed by atoms with E-state index in [-0.39, 0.29) is 40.5 Å². The van der Waals surface area contributed by atoms with E-state index in [1.54, 1.807) is 0 Å². The minimum Gasteiger partial charge on any atom is -0.396 e. The number of aliphatic hydroxyl groups excluding tert-OH is 2. The van der Waals surface area contributed by atoms with Crippen molar-refractivity contribution in [3.05, 3.63) is 29.3 Å². The third-order valence-corrected chi connectivity index (χ3v) is 8.88. The number of rotatable bonds is 9. The van der Waals surface area contributed by atoms with E-state index in [0.29, 0.717) is 0 Å². The van der Waals surface area contributed by atoms with E-state index in [2.05, 4.69) is 29.9 Å². The Hall–Kier alpha value is -3.66. The fourth-order valence-corrected chi connectivity index (χ4v) is 6.75. The molecule has 0 saturated carbocycles. The number of hydrogen-bond donors (Lipinski definition) is 7. The summed E-state index contributed by atoms with van der Waals surface area (Å²) in [6.07, 6.45) is -9.14. The van der Waals surface area contributed by atoms with Crippen LogP contribution in [0.2, 0.25) is 0 Å². The summed E-state index contributed by atoms with van der Waals surface area (Å²) in [5.41, 5.74) is 8.86. The third-order valence-electron chi connectivity index (χ3n) is 7.78. The molecule has 0 radical (unpaired) electrons. The lowest BCUT2D eigenvalue weighted by molar-refractivity contribution is -0.109. The van der Waals surface area contributed by atoms with Gasteiger partial charge >= 0.3 is 7.82 Å². The first kappa shape index (κ1) is 31.3. The molecular formula is C23H30FN10O10P. The molecule has 4 aromatic rings. The SMILES string of the molecule is CC(OP(=O)(O)O[C@@H]1[C@H](F)[C@@H](CCO)O[C@H]1n1cnc2c(=O)[nH]c(N)nc21)[C@H]1O[C@@H](n2cnc3c(N)ncnc32)[C@H](O)[C@@]1(C)O. The molecule has 10 atom stereocenters. The van der Waals surface area contributed by atoms with E-state index < -0.39 is 74.7 Å². The first-order chi connectivity index (χ1) is 21.2. The molecule has 2 saturated heterocycles. The molecule has 0 amide bonds. The Morgan fingerprint density at radius 3 is 2.56 bits per heavy atom. The second kappa shape index (κ2) is 11.3. The van der Waals surface area contributed by atoms with Crippen molar-refractivity contribution in [3.63, 3.8) is 0 Å². The van der Waals surface area contributed by atoms with Crippen LogP contribution >= 0.6 is 7.82 Å². The number of nitrogens with one attached hydrogen (secondary N) is 1. The van der Waals surface area contributed by atoms with Crippen LogP contribution < -0.4 is 17.0 Å². The summed E-state index contributed by atoms with van der Waals surface area (Å²) >= 11 is 0. The number of aromatic nitrogens is 8. The van der Waals surface area contributed by atoms with Gasteiger partial charge in [-0.2, -0.15) is 4.98 Å². The Morgan fingerprint density at radius 1 is 1.16 bits per heavy atom. The molecule has 0 aromatic carbocycles. The average Bonchev–Trinajstić information content (AvgIpc) is 3.70. The van der Waals surface area contributed by atoms with E-state index in [1.807, 2.05) is 0 Å². The fourth-order valence-electron chi connectivity index (χ4n) is 5.64. The summed E-state index contributed by atoms with van der Waals surface area (Å²) in [6.45, 7) is 2.03. The van der Waals surface area contributed by atoms with Gasteiger partial charge in [0.2, 0.25) is 5.95 Å². The number of aromatic amines is 1. The van der Waals surface area contributed by atoms with E-state index in [0.717, 1.165) is 10.9 Å². The molecule has 45 heavy (non-hydrogen) atoms. The van der Waals surface area contributed by atoms with Gasteiger partial charge in [0.25, 0.3) is 5.56 Å². The maximum absolute atomic E-state index is 15.6. The maximum atomic E-state index is 15.6.